The number of rotatable bonds is 6. The molecule has 7 heteroatoms. The monoisotopic (exact) mass is 354 g/mol. The molecule has 1 aliphatic heterocycles. The van der Waals surface area contributed by atoms with Crippen LogP contribution in [-0.2, 0) is 4.79 Å². The van der Waals surface area contributed by atoms with Gasteiger partial charge in [0.2, 0.25) is 0 Å². The van der Waals surface area contributed by atoms with Crippen molar-refractivity contribution in [3.8, 4) is 0 Å². The summed E-state index contributed by atoms with van der Waals surface area (Å²) in [6, 6.07) is 12.0. The lowest BCUT2D eigenvalue weighted by atomic mass is 10.1. The number of nitrogens with zero attached hydrogens (tertiary/aromatic N) is 3. The molecule has 1 saturated heterocycles. The molecule has 2 N–H and O–H groups in total. The largest absolute Gasteiger partial charge is 0.480 e. The molecular weight excluding hydrogens is 332 g/mol. The molecule has 1 atom stereocenters. The lowest BCUT2D eigenvalue weighted by molar-refractivity contribution is -0.143. The number of amides is 1. The van der Waals surface area contributed by atoms with E-state index in [4.69, 9.17) is 0 Å². The van der Waals surface area contributed by atoms with E-state index in [9.17, 15) is 14.7 Å². The number of carbonyl (C=O) groups excluding carboxylic acids is 1. The van der Waals surface area contributed by atoms with Crippen molar-refractivity contribution in [2.45, 2.75) is 6.04 Å². The van der Waals surface area contributed by atoms with Crippen molar-refractivity contribution >= 4 is 17.6 Å². The summed E-state index contributed by atoms with van der Waals surface area (Å²) in [5.41, 5.74) is 1.61. The van der Waals surface area contributed by atoms with Gasteiger partial charge < -0.3 is 15.3 Å². The summed E-state index contributed by atoms with van der Waals surface area (Å²) in [5.74, 6) is -1.18. The lowest BCUT2D eigenvalue weighted by Crippen LogP contribution is -2.56. The third-order valence-electron chi connectivity index (χ3n) is 4.56. The Labute approximate surface area is 152 Å². The maximum Gasteiger partial charge on any atom is 0.322 e. The Kier molecular flexibility index (Phi) is 5.80. The molecule has 26 heavy (non-hydrogen) atoms. The van der Waals surface area contributed by atoms with Gasteiger partial charge in [-0.1, -0.05) is 18.2 Å². The zero-order chi connectivity index (χ0) is 18.4. The van der Waals surface area contributed by atoms with E-state index in [1.54, 1.807) is 36.7 Å². The van der Waals surface area contributed by atoms with E-state index in [-0.39, 0.29) is 12.5 Å². The molecule has 0 spiro atoms. The molecular formula is C19H22N4O3. The van der Waals surface area contributed by atoms with Gasteiger partial charge in [-0.25, -0.2) is 0 Å². The van der Waals surface area contributed by atoms with E-state index in [0.29, 0.717) is 18.7 Å². The van der Waals surface area contributed by atoms with Gasteiger partial charge in [-0.15, -0.1) is 0 Å². The van der Waals surface area contributed by atoms with Crippen molar-refractivity contribution in [1.82, 2.24) is 15.2 Å². The molecule has 7 nitrogen and oxygen atoms in total. The van der Waals surface area contributed by atoms with E-state index in [1.807, 2.05) is 23.1 Å². The van der Waals surface area contributed by atoms with Crippen LogP contribution in [0.5, 0.6) is 0 Å². The molecule has 0 aliphatic carbocycles. The summed E-state index contributed by atoms with van der Waals surface area (Å²) in [6.45, 7) is 2.81. The van der Waals surface area contributed by atoms with E-state index < -0.39 is 12.0 Å². The molecule has 1 aliphatic rings. The zero-order valence-electron chi connectivity index (χ0n) is 14.4. The van der Waals surface area contributed by atoms with Gasteiger partial charge in [0.1, 0.15) is 6.04 Å². The minimum Gasteiger partial charge on any atom is -0.480 e. The van der Waals surface area contributed by atoms with Crippen LogP contribution in [0.25, 0.3) is 0 Å². The van der Waals surface area contributed by atoms with Gasteiger partial charge in [0.15, 0.2) is 0 Å². The first-order valence-corrected chi connectivity index (χ1v) is 8.60. The Balaban J connectivity index is 1.56. The lowest BCUT2D eigenvalue weighted by Gasteiger charge is -2.38. The minimum atomic E-state index is -0.921. The van der Waals surface area contributed by atoms with Crippen LogP contribution in [0.4, 0.5) is 5.69 Å². The molecule has 1 unspecified atom stereocenters. The van der Waals surface area contributed by atoms with E-state index in [2.05, 4.69) is 15.2 Å². The fraction of sp³-hybridized carbons (Fsp3) is 0.316. The highest BCUT2D eigenvalue weighted by molar-refractivity contribution is 5.94. The number of carboxylic acids is 1. The minimum absolute atomic E-state index is 0.0817. The van der Waals surface area contributed by atoms with Gasteiger partial charge >= 0.3 is 5.97 Å². The molecule has 0 bridgehead atoms. The van der Waals surface area contributed by atoms with E-state index >= 15 is 0 Å². The van der Waals surface area contributed by atoms with Crippen LogP contribution in [0.15, 0.2) is 54.9 Å². The number of aromatic nitrogens is 1. The number of carbonyl (C=O) groups is 2. The zero-order valence-corrected chi connectivity index (χ0v) is 14.4. The SMILES string of the molecule is O=C(NCC(C(=O)O)N1CCN(c2ccncc2)CC1)c1ccccc1. The summed E-state index contributed by atoms with van der Waals surface area (Å²) in [4.78, 5) is 32.0. The number of pyridine rings is 1. The number of aliphatic carboxylic acids is 1. The Morgan fingerprint density at radius 1 is 1.04 bits per heavy atom. The second-order valence-corrected chi connectivity index (χ2v) is 6.16. The first kappa shape index (κ1) is 17.9. The number of piperazine rings is 1. The predicted molar refractivity (Wildman–Crippen MR) is 98.2 cm³/mol. The van der Waals surface area contributed by atoms with Gasteiger partial charge in [0.25, 0.3) is 5.91 Å². The molecule has 1 amide bonds. The van der Waals surface area contributed by atoms with Crippen molar-refractivity contribution in [2.75, 3.05) is 37.6 Å². The molecule has 1 aromatic carbocycles. The first-order valence-electron chi connectivity index (χ1n) is 8.60. The summed E-state index contributed by atoms with van der Waals surface area (Å²) in [5, 5.41) is 12.3. The van der Waals surface area contributed by atoms with Crippen LogP contribution >= 0.6 is 0 Å². The molecule has 0 saturated carbocycles. The number of benzene rings is 1. The van der Waals surface area contributed by atoms with Crippen LogP contribution < -0.4 is 10.2 Å². The number of hydrogen-bond donors (Lipinski definition) is 2. The van der Waals surface area contributed by atoms with Crippen LogP contribution in [0.2, 0.25) is 0 Å². The highest BCUT2D eigenvalue weighted by atomic mass is 16.4. The standard InChI is InChI=1S/C19H22N4O3/c24-18(15-4-2-1-3-5-15)21-14-17(19(25)26)23-12-10-22(11-13-23)16-6-8-20-9-7-16/h1-9,17H,10-14H2,(H,21,24)(H,25,26). The summed E-state index contributed by atoms with van der Waals surface area (Å²) < 4.78 is 0. The van der Waals surface area contributed by atoms with Crippen LogP contribution in [0, 0.1) is 0 Å². The van der Waals surface area contributed by atoms with Gasteiger partial charge in [-0.2, -0.15) is 0 Å². The Bertz CT molecular complexity index is 731. The summed E-state index contributed by atoms with van der Waals surface area (Å²) in [6.07, 6.45) is 3.50. The highest BCUT2D eigenvalue weighted by Crippen LogP contribution is 2.16. The Morgan fingerprint density at radius 3 is 2.31 bits per heavy atom. The van der Waals surface area contributed by atoms with Gasteiger partial charge in [0, 0.05) is 56.4 Å². The average Bonchev–Trinajstić information content (AvgIpc) is 2.69. The van der Waals surface area contributed by atoms with Gasteiger partial charge in [-0.05, 0) is 24.3 Å². The maximum atomic E-state index is 12.2. The van der Waals surface area contributed by atoms with Crippen molar-refractivity contribution in [2.24, 2.45) is 0 Å². The normalized spacial score (nSPS) is 16.1. The fourth-order valence-electron chi connectivity index (χ4n) is 3.10. The van der Waals surface area contributed by atoms with Crippen molar-refractivity contribution < 1.29 is 14.7 Å². The number of nitrogens with one attached hydrogen (secondary N) is 1. The third kappa shape index (κ3) is 4.37. The quantitative estimate of drug-likeness (QED) is 0.808. The molecule has 0 radical (unpaired) electrons. The third-order valence-corrected chi connectivity index (χ3v) is 4.56. The topological polar surface area (TPSA) is 85.8 Å². The maximum absolute atomic E-state index is 12.2. The molecule has 1 fully saturated rings. The second kappa shape index (κ2) is 8.44. The second-order valence-electron chi connectivity index (χ2n) is 6.16. The fourth-order valence-corrected chi connectivity index (χ4v) is 3.10. The molecule has 2 heterocycles. The van der Waals surface area contributed by atoms with Crippen LogP contribution in [0.3, 0.4) is 0 Å². The van der Waals surface area contributed by atoms with Crippen molar-refractivity contribution in [3.63, 3.8) is 0 Å². The van der Waals surface area contributed by atoms with Crippen molar-refractivity contribution in [1.29, 1.82) is 0 Å². The van der Waals surface area contributed by atoms with E-state index in [1.165, 1.54) is 0 Å². The smallest absolute Gasteiger partial charge is 0.322 e. The van der Waals surface area contributed by atoms with Gasteiger partial charge in [0.05, 0.1) is 0 Å². The van der Waals surface area contributed by atoms with Gasteiger partial charge in [-0.3, -0.25) is 19.5 Å². The van der Waals surface area contributed by atoms with Crippen LogP contribution in [-0.4, -0.2) is 65.6 Å². The predicted octanol–water partition coefficient (Wildman–Crippen LogP) is 1.09. The number of carboxylic acid groups (broad SMARTS) is 1. The molecule has 1 aromatic heterocycles. The first-order chi connectivity index (χ1) is 12.6. The summed E-state index contributed by atoms with van der Waals surface area (Å²) >= 11 is 0. The Morgan fingerprint density at radius 2 is 1.69 bits per heavy atom. The highest BCUT2D eigenvalue weighted by Gasteiger charge is 2.29. The number of hydrogen-bond acceptors (Lipinski definition) is 5. The average molecular weight is 354 g/mol. The van der Waals surface area contributed by atoms with Crippen molar-refractivity contribution in [3.05, 3.63) is 60.4 Å². The number of anilines is 1. The Hall–Kier alpha value is -2.93. The molecule has 3 rings (SSSR count). The molecule has 136 valence electrons. The molecule has 2 aromatic rings. The van der Waals surface area contributed by atoms with E-state index in [0.717, 1.165) is 18.8 Å². The summed E-state index contributed by atoms with van der Waals surface area (Å²) in [7, 11) is 0. The van der Waals surface area contributed by atoms with Crippen LogP contribution in [0.1, 0.15) is 10.4 Å².